The van der Waals surface area contributed by atoms with Gasteiger partial charge in [-0.2, -0.15) is 0 Å². The number of carbonyl (C=O) groups is 3. The molecule has 0 radical (unpaired) electrons. The number of carbonyl (C=O) groups excluding carboxylic acids is 3. The van der Waals surface area contributed by atoms with Crippen LogP contribution >= 0.6 is 0 Å². The highest BCUT2D eigenvalue weighted by Gasteiger charge is 2.19. The molecule has 0 aliphatic rings. The van der Waals surface area contributed by atoms with Gasteiger partial charge >= 0.3 is 17.9 Å². The van der Waals surface area contributed by atoms with Gasteiger partial charge in [0, 0.05) is 19.3 Å². The summed E-state index contributed by atoms with van der Waals surface area (Å²) >= 11 is 0. The molecule has 0 aromatic heterocycles. The zero-order valence-electron chi connectivity index (χ0n) is 43.9. The molecule has 0 aromatic carbocycles. The average Bonchev–Trinajstić information content (AvgIpc) is 3.33. The topological polar surface area (TPSA) is 78.9 Å². The van der Waals surface area contributed by atoms with Gasteiger partial charge in [0.05, 0.1) is 0 Å². The first-order chi connectivity index (χ1) is 33.0. The van der Waals surface area contributed by atoms with Gasteiger partial charge in [-0.3, -0.25) is 14.4 Å². The zero-order chi connectivity index (χ0) is 48.6. The van der Waals surface area contributed by atoms with Gasteiger partial charge in [-0.15, -0.1) is 0 Å². The van der Waals surface area contributed by atoms with Crippen LogP contribution in [0, 0.1) is 0 Å². The van der Waals surface area contributed by atoms with Gasteiger partial charge in [0.1, 0.15) is 13.2 Å². The smallest absolute Gasteiger partial charge is 0.306 e. The number of esters is 3. The van der Waals surface area contributed by atoms with E-state index in [4.69, 9.17) is 14.2 Å². The first kappa shape index (κ1) is 63.6. The molecule has 1 atom stereocenters. The Kier molecular flexibility index (Phi) is 52.4. The molecule has 6 heteroatoms. The predicted octanol–water partition coefficient (Wildman–Crippen LogP) is 18.8. The van der Waals surface area contributed by atoms with E-state index in [0.717, 1.165) is 83.5 Å². The Hall–Kier alpha value is -3.41. The summed E-state index contributed by atoms with van der Waals surface area (Å²) in [6.07, 6.45) is 71.5. The molecule has 67 heavy (non-hydrogen) atoms. The lowest BCUT2D eigenvalue weighted by Gasteiger charge is -2.18. The van der Waals surface area contributed by atoms with Crippen LogP contribution in [0.4, 0.5) is 0 Å². The van der Waals surface area contributed by atoms with Crippen molar-refractivity contribution in [2.45, 2.75) is 271 Å². The molecule has 0 N–H and O–H groups in total. The summed E-state index contributed by atoms with van der Waals surface area (Å²) < 4.78 is 16.8. The average molecular weight is 933 g/mol. The second-order valence-corrected chi connectivity index (χ2v) is 18.5. The van der Waals surface area contributed by atoms with Crippen LogP contribution in [-0.2, 0) is 28.6 Å². The van der Waals surface area contributed by atoms with Gasteiger partial charge in [-0.1, -0.05) is 221 Å². The monoisotopic (exact) mass is 933 g/mol. The Bertz CT molecular complexity index is 1300. The van der Waals surface area contributed by atoms with Crippen molar-refractivity contribution < 1.29 is 28.6 Å². The van der Waals surface area contributed by atoms with E-state index in [1.165, 1.54) is 135 Å². The molecule has 0 aliphatic heterocycles. The van der Waals surface area contributed by atoms with Crippen molar-refractivity contribution in [3.8, 4) is 0 Å². The fraction of sp³-hybridized carbons (Fsp3) is 0.721. The van der Waals surface area contributed by atoms with Crippen molar-refractivity contribution in [1.29, 1.82) is 0 Å². The lowest BCUT2D eigenvalue weighted by Crippen LogP contribution is -2.30. The summed E-state index contributed by atoms with van der Waals surface area (Å²) in [5.41, 5.74) is 0. The number of allylic oxidation sites excluding steroid dienone is 14. The molecule has 0 fully saturated rings. The number of unbranched alkanes of at least 4 members (excludes halogenated alkanes) is 25. The maximum absolute atomic E-state index is 12.8. The Morgan fingerprint density at radius 1 is 0.313 bits per heavy atom. The molecule has 0 unspecified atom stereocenters. The first-order valence-electron chi connectivity index (χ1n) is 28.1. The normalized spacial score (nSPS) is 12.7. The molecule has 384 valence electrons. The summed E-state index contributed by atoms with van der Waals surface area (Å²) in [5.74, 6) is -0.966. The number of hydrogen-bond donors (Lipinski definition) is 0. The SMILES string of the molecule is CC/C=C\C/C=C\C/C=C\C/C=C\C/C=C\CCCC(=O)OC[C@H](COC(=O)CCCCCCC/C=C\CCCCCC)OC(=O)CCCCCCCCCCC/C=C\CCCCCCCC. The minimum atomic E-state index is -0.804. The van der Waals surface area contributed by atoms with E-state index in [2.05, 4.69) is 106 Å². The van der Waals surface area contributed by atoms with Crippen LogP contribution < -0.4 is 0 Å². The summed E-state index contributed by atoms with van der Waals surface area (Å²) in [5, 5.41) is 0. The first-order valence-corrected chi connectivity index (χ1v) is 28.1. The highest BCUT2D eigenvalue weighted by molar-refractivity contribution is 5.71. The zero-order valence-corrected chi connectivity index (χ0v) is 43.9. The molecule has 0 bridgehead atoms. The van der Waals surface area contributed by atoms with Crippen LogP contribution in [0.2, 0.25) is 0 Å². The molecule has 0 rings (SSSR count). The van der Waals surface area contributed by atoms with Crippen LogP contribution in [0.5, 0.6) is 0 Å². The van der Waals surface area contributed by atoms with E-state index in [9.17, 15) is 14.4 Å². The molecule has 0 heterocycles. The quantitative estimate of drug-likeness (QED) is 0.0262. The van der Waals surface area contributed by atoms with Crippen LogP contribution in [0.3, 0.4) is 0 Å². The Morgan fingerprint density at radius 2 is 0.597 bits per heavy atom. The summed E-state index contributed by atoms with van der Waals surface area (Å²) in [7, 11) is 0. The third kappa shape index (κ3) is 53.4. The van der Waals surface area contributed by atoms with Crippen LogP contribution in [-0.4, -0.2) is 37.2 Å². The van der Waals surface area contributed by atoms with E-state index >= 15 is 0 Å². The highest BCUT2D eigenvalue weighted by Crippen LogP contribution is 2.15. The minimum absolute atomic E-state index is 0.0991. The molecule has 0 spiro atoms. The fourth-order valence-electron chi connectivity index (χ4n) is 7.64. The van der Waals surface area contributed by atoms with E-state index in [1.54, 1.807) is 0 Å². The summed E-state index contributed by atoms with van der Waals surface area (Å²) in [6, 6.07) is 0. The molecule has 0 saturated carbocycles. The highest BCUT2D eigenvalue weighted by atomic mass is 16.6. The lowest BCUT2D eigenvalue weighted by molar-refractivity contribution is -0.167. The Labute approximate surface area is 414 Å². The molecule has 0 aromatic rings. The van der Waals surface area contributed by atoms with Gasteiger partial charge in [-0.05, 0) is 109 Å². The predicted molar refractivity (Wildman–Crippen MR) is 288 cm³/mol. The third-order valence-electron chi connectivity index (χ3n) is 11.9. The number of hydrogen-bond acceptors (Lipinski definition) is 6. The Balaban J connectivity index is 4.46. The molecular weight excluding hydrogens is 829 g/mol. The largest absolute Gasteiger partial charge is 0.462 e. The van der Waals surface area contributed by atoms with Gasteiger partial charge in [0.2, 0.25) is 0 Å². The van der Waals surface area contributed by atoms with Crippen molar-refractivity contribution in [3.05, 3.63) is 85.1 Å². The third-order valence-corrected chi connectivity index (χ3v) is 11.9. The van der Waals surface area contributed by atoms with E-state index in [1.807, 2.05) is 0 Å². The molecule has 6 nitrogen and oxygen atoms in total. The van der Waals surface area contributed by atoms with Crippen molar-refractivity contribution in [3.63, 3.8) is 0 Å². The maximum atomic E-state index is 12.8. The maximum Gasteiger partial charge on any atom is 0.306 e. The van der Waals surface area contributed by atoms with E-state index < -0.39 is 6.10 Å². The molecular formula is C61H104O6. The Morgan fingerprint density at radius 3 is 1.00 bits per heavy atom. The molecule has 0 aliphatic carbocycles. The van der Waals surface area contributed by atoms with Crippen LogP contribution in [0.1, 0.15) is 265 Å². The van der Waals surface area contributed by atoms with Crippen molar-refractivity contribution in [2.24, 2.45) is 0 Å². The number of ether oxygens (including phenoxy) is 3. The van der Waals surface area contributed by atoms with Crippen molar-refractivity contribution in [2.75, 3.05) is 13.2 Å². The standard InChI is InChI=1S/C61H104O6/c1-4-7-10-13-16-19-22-25-27-29-30-32-34-37-40-43-46-49-52-55-61(64)67-58(56-65-59(62)53-50-47-44-41-38-35-24-21-18-15-12-9-6-3)57-66-60(63)54-51-48-45-42-39-36-33-31-28-26-23-20-17-14-11-8-5-2/h8,11,17,20-21,24-28,33,36,42,45,58H,4-7,9-10,12-16,18-19,22-23,29-32,34-35,37-41,43-44,46-57H2,1-3H3/b11-8-,20-17-,24-21-,27-25-,28-26-,36-33-,45-42-/t58-/m0/s1. The summed E-state index contributed by atoms with van der Waals surface area (Å²) in [4.78, 5) is 38.1. The second-order valence-electron chi connectivity index (χ2n) is 18.5. The molecule has 0 amide bonds. The van der Waals surface area contributed by atoms with Crippen LogP contribution in [0.15, 0.2) is 85.1 Å². The van der Waals surface area contributed by atoms with Gasteiger partial charge < -0.3 is 14.2 Å². The lowest BCUT2D eigenvalue weighted by atomic mass is 10.1. The van der Waals surface area contributed by atoms with Gasteiger partial charge in [0.15, 0.2) is 6.10 Å². The summed E-state index contributed by atoms with van der Waals surface area (Å²) in [6.45, 7) is 6.46. The van der Waals surface area contributed by atoms with Crippen molar-refractivity contribution in [1.82, 2.24) is 0 Å². The second kappa shape index (κ2) is 55.2. The van der Waals surface area contributed by atoms with Crippen molar-refractivity contribution >= 4 is 17.9 Å². The fourth-order valence-corrected chi connectivity index (χ4v) is 7.64. The van der Waals surface area contributed by atoms with Gasteiger partial charge in [0.25, 0.3) is 0 Å². The minimum Gasteiger partial charge on any atom is -0.462 e. The molecule has 0 saturated heterocycles. The number of rotatable bonds is 50. The van der Waals surface area contributed by atoms with Crippen LogP contribution in [0.25, 0.3) is 0 Å². The van der Waals surface area contributed by atoms with E-state index in [-0.39, 0.29) is 37.5 Å². The van der Waals surface area contributed by atoms with E-state index in [0.29, 0.717) is 19.3 Å². The van der Waals surface area contributed by atoms with Gasteiger partial charge in [-0.25, -0.2) is 0 Å².